The molecule has 0 aromatic heterocycles. The first-order chi connectivity index (χ1) is 9.56. The molecule has 1 aliphatic heterocycles. The second-order valence-corrected chi connectivity index (χ2v) is 5.38. The van der Waals surface area contributed by atoms with Gasteiger partial charge in [-0.15, -0.1) is 0 Å². The number of quaternary nitrogens is 1. The smallest absolute Gasteiger partial charge is 0.279 e. The van der Waals surface area contributed by atoms with E-state index in [1.165, 1.54) is 0 Å². The summed E-state index contributed by atoms with van der Waals surface area (Å²) in [5, 5.41) is 13.7. The minimum Gasteiger partial charge on any atom is -0.550 e. The normalized spacial score (nSPS) is 22.2. The van der Waals surface area contributed by atoms with Gasteiger partial charge in [0.2, 0.25) is 0 Å². The number of benzene rings is 1. The number of carboxylic acids is 1. The number of aliphatic carboxylic acids is 1. The number of rotatable bonds is 4. The van der Waals surface area contributed by atoms with E-state index in [0.717, 1.165) is 16.2 Å². The van der Waals surface area contributed by atoms with Gasteiger partial charge in [0, 0.05) is 30.4 Å². The van der Waals surface area contributed by atoms with Crippen LogP contribution in [0.15, 0.2) is 24.3 Å². The Balaban J connectivity index is 1.81. The summed E-state index contributed by atoms with van der Waals surface area (Å²) in [5.41, 5.74) is 1.87. The van der Waals surface area contributed by atoms with E-state index in [9.17, 15) is 14.7 Å². The van der Waals surface area contributed by atoms with Crippen LogP contribution in [-0.4, -0.2) is 31.5 Å². The Kier molecular flexibility index (Phi) is 4.74. The van der Waals surface area contributed by atoms with Gasteiger partial charge in [0.15, 0.2) is 6.54 Å². The van der Waals surface area contributed by atoms with Crippen LogP contribution in [0.5, 0.6) is 0 Å². The quantitative estimate of drug-likeness (QED) is 0.739. The standard InChI is InChI=1S/C15H20N2O3/c1-11-4-2-3-5-13(11)16-14(18)10-17-8-6-12(7-9-17)15(19)20/h2-5,12H,6-10H2,1H3,(H,16,18)(H,19,20). The molecule has 1 fully saturated rings. The van der Waals surface area contributed by atoms with Crippen molar-refractivity contribution in [1.82, 2.24) is 0 Å². The van der Waals surface area contributed by atoms with Crippen LogP contribution in [0.3, 0.4) is 0 Å². The lowest BCUT2D eigenvalue weighted by atomic mass is 9.97. The molecule has 0 unspecified atom stereocenters. The molecule has 2 N–H and O–H groups in total. The average molecular weight is 276 g/mol. The fourth-order valence-electron chi connectivity index (χ4n) is 2.57. The summed E-state index contributed by atoms with van der Waals surface area (Å²) >= 11 is 0. The van der Waals surface area contributed by atoms with Crippen molar-refractivity contribution < 1.29 is 19.6 Å². The number of hydrogen-bond donors (Lipinski definition) is 2. The lowest BCUT2D eigenvalue weighted by Crippen LogP contribution is -3.14. The van der Waals surface area contributed by atoms with E-state index in [2.05, 4.69) is 5.32 Å². The van der Waals surface area contributed by atoms with Crippen molar-refractivity contribution in [3.8, 4) is 0 Å². The van der Waals surface area contributed by atoms with Gasteiger partial charge in [-0.3, -0.25) is 4.79 Å². The fourth-order valence-corrected chi connectivity index (χ4v) is 2.57. The zero-order chi connectivity index (χ0) is 14.5. The molecule has 1 saturated heterocycles. The predicted molar refractivity (Wildman–Crippen MR) is 73.1 cm³/mol. The van der Waals surface area contributed by atoms with Gasteiger partial charge in [-0.05, 0) is 18.6 Å². The molecule has 5 heteroatoms. The SMILES string of the molecule is Cc1ccccc1NC(=O)C[NH+]1CCC(C(=O)[O-])CC1. The summed E-state index contributed by atoms with van der Waals surface area (Å²) in [7, 11) is 0. The number of nitrogens with one attached hydrogen (secondary N) is 2. The Morgan fingerprint density at radius 2 is 1.95 bits per heavy atom. The first-order valence-electron chi connectivity index (χ1n) is 6.96. The topological polar surface area (TPSA) is 73.7 Å². The van der Waals surface area contributed by atoms with Crippen molar-refractivity contribution in [3.63, 3.8) is 0 Å². The maximum Gasteiger partial charge on any atom is 0.279 e. The zero-order valence-corrected chi connectivity index (χ0v) is 11.6. The molecule has 0 aliphatic carbocycles. The highest BCUT2D eigenvalue weighted by Gasteiger charge is 2.24. The molecule has 108 valence electrons. The van der Waals surface area contributed by atoms with Gasteiger partial charge >= 0.3 is 0 Å². The van der Waals surface area contributed by atoms with Crippen LogP contribution in [-0.2, 0) is 9.59 Å². The van der Waals surface area contributed by atoms with Crippen LogP contribution in [0.25, 0.3) is 0 Å². The number of hydrogen-bond acceptors (Lipinski definition) is 3. The Morgan fingerprint density at radius 3 is 2.55 bits per heavy atom. The number of likely N-dealkylation sites (tertiary alicyclic amines) is 1. The predicted octanol–water partition coefficient (Wildman–Crippen LogP) is -1.02. The van der Waals surface area contributed by atoms with Gasteiger partial charge in [0.05, 0.1) is 13.1 Å². The van der Waals surface area contributed by atoms with Crippen molar-refractivity contribution in [3.05, 3.63) is 29.8 Å². The lowest BCUT2D eigenvalue weighted by molar-refractivity contribution is -0.897. The van der Waals surface area contributed by atoms with E-state index >= 15 is 0 Å². The van der Waals surface area contributed by atoms with E-state index in [4.69, 9.17) is 0 Å². The number of anilines is 1. The third kappa shape index (κ3) is 3.81. The molecule has 1 heterocycles. The number of carboxylic acid groups (broad SMARTS) is 1. The van der Waals surface area contributed by atoms with Crippen molar-refractivity contribution in [2.45, 2.75) is 19.8 Å². The van der Waals surface area contributed by atoms with Crippen LogP contribution < -0.4 is 15.3 Å². The third-order valence-corrected chi connectivity index (χ3v) is 3.86. The van der Waals surface area contributed by atoms with E-state index in [1.54, 1.807) is 0 Å². The monoisotopic (exact) mass is 276 g/mol. The molecule has 0 radical (unpaired) electrons. The van der Waals surface area contributed by atoms with E-state index < -0.39 is 5.97 Å². The van der Waals surface area contributed by atoms with Gasteiger partial charge in [-0.1, -0.05) is 18.2 Å². The number of aryl methyl sites for hydroxylation is 1. The molecule has 1 aromatic rings. The van der Waals surface area contributed by atoms with Crippen LogP contribution >= 0.6 is 0 Å². The van der Waals surface area contributed by atoms with Crippen LogP contribution in [0.4, 0.5) is 5.69 Å². The molecule has 0 spiro atoms. The first kappa shape index (κ1) is 14.5. The minimum absolute atomic E-state index is 0.0267. The lowest BCUT2D eigenvalue weighted by Gasteiger charge is -2.29. The molecular formula is C15H20N2O3. The second-order valence-electron chi connectivity index (χ2n) is 5.38. The van der Waals surface area contributed by atoms with Gasteiger partial charge in [0.1, 0.15) is 0 Å². The Hall–Kier alpha value is -1.88. The Labute approximate surface area is 118 Å². The first-order valence-corrected chi connectivity index (χ1v) is 6.96. The van der Waals surface area contributed by atoms with E-state index in [0.29, 0.717) is 32.5 Å². The molecule has 1 amide bonds. The van der Waals surface area contributed by atoms with Gasteiger partial charge in [0.25, 0.3) is 5.91 Å². The van der Waals surface area contributed by atoms with Crippen LogP contribution in [0.1, 0.15) is 18.4 Å². The Bertz CT molecular complexity index is 494. The highest BCUT2D eigenvalue weighted by atomic mass is 16.4. The molecule has 5 nitrogen and oxygen atoms in total. The molecule has 1 aromatic carbocycles. The largest absolute Gasteiger partial charge is 0.550 e. The highest BCUT2D eigenvalue weighted by Crippen LogP contribution is 2.12. The summed E-state index contributed by atoms with van der Waals surface area (Å²) in [4.78, 5) is 23.9. The molecule has 20 heavy (non-hydrogen) atoms. The molecule has 2 rings (SSSR count). The molecule has 1 aliphatic rings. The van der Waals surface area contributed by atoms with Crippen LogP contribution in [0.2, 0.25) is 0 Å². The second kappa shape index (κ2) is 6.52. The number of para-hydroxylation sites is 1. The third-order valence-electron chi connectivity index (χ3n) is 3.86. The van der Waals surface area contributed by atoms with Gasteiger partial charge in [-0.25, -0.2) is 0 Å². The molecule has 0 atom stereocenters. The van der Waals surface area contributed by atoms with Crippen molar-refractivity contribution in [1.29, 1.82) is 0 Å². The maximum atomic E-state index is 12.0. The summed E-state index contributed by atoms with van der Waals surface area (Å²) in [6.45, 7) is 3.75. The minimum atomic E-state index is -0.964. The number of piperidine rings is 1. The van der Waals surface area contributed by atoms with Crippen molar-refractivity contribution in [2.75, 3.05) is 25.0 Å². The van der Waals surface area contributed by atoms with Crippen molar-refractivity contribution in [2.24, 2.45) is 5.92 Å². The molecule has 0 saturated carbocycles. The van der Waals surface area contributed by atoms with E-state index in [-0.39, 0.29) is 11.8 Å². The number of carbonyl (C=O) groups is 2. The highest BCUT2D eigenvalue weighted by molar-refractivity contribution is 5.92. The van der Waals surface area contributed by atoms with Gasteiger partial charge in [-0.2, -0.15) is 0 Å². The zero-order valence-electron chi connectivity index (χ0n) is 11.6. The molecular weight excluding hydrogens is 256 g/mol. The molecule has 0 bridgehead atoms. The van der Waals surface area contributed by atoms with E-state index in [1.807, 2.05) is 31.2 Å². The Morgan fingerprint density at radius 1 is 1.30 bits per heavy atom. The fraction of sp³-hybridized carbons (Fsp3) is 0.467. The van der Waals surface area contributed by atoms with Crippen LogP contribution in [0, 0.1) is 12.8 Å². The number of amides is 1. The summed E-state index contributed by atoms with van der Waals surface area (Å²) in [5.74, 6) is -1.34. The number of carbonyl (C=O) groups excluding carboxylic acids is 2. The summed E-state index contributed by atoms with van der Waals surface area (Å²) in [6.07, 6.45) is 1.19. The van der Waals surface area contributed by atoms with Gasteiger partial charge < -0.3 is 20.1 Å². The average Bonchev–Trinajstić information content (AvgIpc) is 2.42. The van der Waals surface area contributed by atoms with Crippen molar-refractivity contribution >= 4 is 17.6 Å². The maximum absolute atomic E-state index is 12.0. The summed E-state index contributed by atoms with van der Waals surface area (Å²) in [6, 6.07) is 7.65. The summed E-state index contributed by atoms with van der Waals surface area (Å²) < 4.78 is 0.